The molecule has 0 aliphatic heterocycles. The first-order valence-corrected chi connectivity index (χ1v) is 13.7. The van der Waals surface area contributed by atoms with E-state index < -0.39 is 39.3 Å². The number of hydrogen-bond acceptors (Lipinski definition) is 8. The molecule has 0 radical (unpaired) electrons. The van der Waals surface area contributed by atoms with Gasteiger partial charge in [0, 0.05) is 24.7 Å². The van der Waals surface area contributed by atoms with Gasteiger partial charge >= 0.3 is 0 Å². The van der Waals surface area contributed by atoms with Crippen molar-refractivity contribution < 1.29 is 32.4 Å². The smallest absolute Gasteiger partial charge is 0.271 e. The monoisotopic (exact) mass is 550 g/mol. The van der Waals surface area contributed by atoms with Gasteiger partial charge in [0.05, 0.1) is 25.4 Å². The van der Waals surface area contributed by atoms with E-state index in [1.807, 2.05) is 13.8 Å². The van der Waals surface area contributed by atoms with Gasteiger partial charge in [0.25, 0.3) is 5.69 Å². The number of sulfonamides is 1. The van der Waals surface area contributed by atoms with Crippen molar-refractivity contribution in [3.63, 3.8) is 0 Å². The van der Waals surface area contributed by atoms with Gasteiger partial charge in [0.1, 0.15) is 29.8 Å². The third-order valence-corrected chi connectivity index (χ3v) is 7.10. The lowest BCUT2D eigenvalue weighted by Crippen LogP contribution is -2.52. The Labute approximate surface area is 222 Å². The molecule has 13 heteroatoms. The summed E-state index contributed by atoms with van der Waals surface area (Å²) in [7, 11) is -1.33. The number of carbonyl (C=O) groups is 2. The van der Waals surface area contributed by atoms with Crippen LogP contribution < -0.4 is 19.1 Å². The molecule has 0 fully saturated rings. The lowest BCUT2D eigenvalue weighted by molar-refractivity contribution is -0.384. The molecule has 0 heterocycles. The number of non-ortho nitro benzene ring substituents is 1. The van der Waals surface area contributed by atoms with E-state index >= 15 is 0 Å². The first-order valence-electron chi connectivity index (χ1n) is 11.8. The van der Waals surface area contributed by atoms with E-state index in [2.05, 4.69) is 5.32 Å². The molecule has 208 valence electrons. The maximum Gasteiger partial charge on any atom is 0.271 e. The lowest BCUT2D eigenvalue weighted by atomic mass is 10.1. The number of nitro benzene ring substituents is 1. The molecule has 2 atom stereocenters. The second-order valence-corrected chi connectivity index (χ2v) is 10.7. The van der Waals surface area contributed by atoms with E-state index in [4.69, 9.17) is 9.47 Å². The van der Waals surface area contributed by atoms with Crippen LogP contribution in [0.2, 0.25) is 0 Å². The van der Waals surface area contributed by atoms with Crippen LogP contribution in [0.1, 0.15) is 32.8 Å². The van der Waals surface area contributed by atoms with Crippen LogP contribution in [0, 0.1) is 10.1 Å². The Morgan fingerprint density at radius 2 is 1.79 bits per heavy atom. The summed E-state index contributed by atoms with van der Waals surface area (Å²) in [5.41, 5.74) is 0.103. The zero-order valence-electron chi connectivity index (χ0n) is 22.3. The highest BCUT2D eigenvalue weighted by Gasteiger charge is 2.32. The average Bonchev–Trinajstić information content (AvgIpc) is 2.88. The zero-order valence-corrected chi connectivity index (χ0v) is 23.1. The molecular formula is C25H34N4O8S. The van der Waals surface area contributed by atoms with Crippen LogP contribution in [-0.2, 0) is 26.2 Å². The average molecular weight is 551 g/mol. The third-order valence-electron chi connectivity index (χ3n) is 5.98. The maximum absolute atomic E-state index is 13.7. The predicted octanol–water partition coefficient (Wildman–Crippen LogP) is 2.71. The standard InChI is InChI=1S/C25H34N4O8S/c1-7-17(2)26-25(31)18(3)27(15-19-9-8-10-21(13-19)36-4)24(30)16-28(38(6,34)35)22-14-20(29(32)33)11-12-23(22)37-5/h8-14,17-18H,7,15-16H2,1-6H3,(H,26,31)/t17-,18+/m0/s1. The molecule has 2 rings (SSSR count). The van der Waals surface area contributed by atoms with Crippen LogP contribution in [-0.4, -0.2) is 69.2 Å². The number of ether oxygens (including phenoxy) is 2. The summed E-state index contributed by atoms with van der Waals surface area (Å²) < 4.78 is 36.8. The summed E-state index contributed by atoms with van der Waals surface area (Å²) in [6.45, 7) is 4.55. The SMILES string of the molecule is CC[C@H](C)NC(=O)[C@@H](C)N(Cc1cccc(OC)c1)C(=O)CN(c1cc([N+](=O)[O-])ccc1OC)S(C)(=O)=O. The van der Waals surface area contributed by atoms with Crippen molar-refractivity contribution in [2.75, 3.05) is 31.3 Å². The minimum Gasteiger partial charge on any atom is -0.497 e. The molecule has 0 saturated carbocycles. The Hall–Kier alpha value is -3.87. The Morgan fingerprint density at radius 1 is 1.11 bits per heavy atom. The van der Waals surface area contributed by atoms with Crippen molar-refractivity contribution in [2.45, 2.75) is 45.8 Å². The van der Waals surface area contributed by atoms with E-state index in [-0.39, 0.29) is 29.7 Å². The highest BCUT2D eigenvalue weighted by Crippen LogP contribution is 2.34. The Morgan fingerprint density at radius 3 is 2.34 bits per heavy atom. The molecule has 0 saturated heterocycles. The van der Waals surface area contributed by atoms with Crippen molar-refractivity contribution in [1.29, 1.82) is 0 Å². The van der Waals surface area contributed by atoms with Crippen molar-refractivity contribution in [3.05, 3.63) is 58.1 Å². The summed E-state index contributed by atoms with van der Waals surface area (Å²) in [5.74, 6) is -0.533. The molecule has 2 aromatic carbocycles. The molecule has 2 aromatic rings. The van der Waals surface area contributed by atoms with E-state index in [0.717, 1.165) is 16.6 Å². The number of carbonyl (C=O) groups excluding carboxylic acids is 2. The molecule has 2 amide bonds. The first-order chi connectivity index (χ1) is 17.8. The summed E-state index contributed by atoms with van der Waals surface area (Å²) in [5, 5.41) is 14.2. The molecule has 0 aromatic heterocycles. The summed E-state index contributed by atoms with van der Waals surface area (Å²) in [4.78, 5) is 38.6. The fraction of sp³-hybridized carbons (Fsp3) is 0.440. The highest BCUT2D eigenvalue weighted by molar-refractivity contribution is 7.92. The molecule has 1 N–H and O–H groups in total. The Kier molecular flexibility index (Phi) is 10.5. The first kappa shape index (κ1) is 30.4. The summed E-state index contributed by atoms with van der Waals surface area (Å²) in [6, 6.07) is 9.27. The predicted molar refractivity (Wildman–Crippen MR) is 143 cm³/mol. The minimum atomic E-state index is -4.11. The number of rotatable bonds is 13. The largest absolute Gasteiger partial charge is 0.497 e. The van der Waals surface area contributed by atoms with Gasteiger partial charge in [0.15, 0.2) is 0 Å². The van der Waals surface area contributed by atoms with Gasteiger partial charge in [-0.05, 0) is 44.0 Å². The molecule has 38 heavy (non-hydrogen) atoms. The van der Waals surface area contributed by atoms with Crippen LogP contribution in [0.5, 0.6) is 11.5 Å². The van der Waals surface area contributed by atoms with Gasteiger partial charge in [-0.15, -0.1) is 0 Å². The number of methoxy groups -OCH3 is 2. The quantitative estimate of drug-likeness (QED) is 0.296. The van der Waals surface area contributed by atoms with E-state index in [0.29, 0.717) is 17.7 Å². The fourth-order valence-electron chi connectivity index (χ4n) is 3.60. The Bertz CT molecular complexity index is 1270. The van der Waals surface area contributed by atoms with E-state index in [1.54, 1.807) is 31.2 Å². The second-order valence-electron chi connectivity index (χ2n) is 8.75. The number of anilines is 1. The number of amides is 2. The van der Waals surface area contributed by atoms with Gasteiger partial charge < -0.3 is 19.7 Å². The van der Waals surface area contributed by atoms with Gasteiger partial charge in [-0.3, -0.25) is 24.0 Å². The van der Waals surface area contributed by atoms with Crippen LogP contribution >= 0.6 is 0 Å². The third kappa shape index (κ3) is 7.81. The van der Waals surface area contributed by atoms with Crippen molar-refractivity contribution in [3.8, 4) is 11.5 Å². The second kappa shape index (κ2) is 13.1. The molecule has 0 bridgehead atoms. The molecule has 0 aliphatic carbocycles. The Balaban J connectivity index is 2.53. The molecule has 0 spiro atoms. The number of nitrogens with zero attached hydrogens (tertiary/aromatic N) is 3. The minimum absolute atomic E-state index is 0.0190. The van der Waals surface area contributed by atoms with Gasteiger partial charge in [0.2, 0.25) is 21.8 Å². The van der Waals surface area contributed by atoms with Crippen LogP contribution in [0.4, 0.5) is 11.4 Å². The van der Waals surface area contributed by atoms with Crippen LogP contribution in [0.25, 0.3) is 0 Å². The van der Waals surface area contributed by atoms with E-state index in [9.17, 15) is 28.1 Å². The number of nitro groups is 1. The maximum atomic E-state index is 13.7. The molecule has 12 nitrogen and oxygen atoms in total. The van der Waals surface area contributed by atoms with Crippen molar-refractivity contribution in [2.24, 2.45) is 0 Å². The summed E-state index contributed by atoms with van der Waals surface area (Å²) >= 11 is 0. The highest BCUT2D eigenvalue weighted by atomic mass is 32.2. The number of hydrogen-bond donors (Lipinski definition) is 1. The van der Waals surface area contributed by atoms with Gasteiger partial charge in [-0.2, -0.15) is 0 Å². The van der Waals surface area contributed by atoms with E-state index in [1.165, 1.54) is 31.3 Å². The van der Waals surface area contributed by atoms with Crippen LogP contribution in [0.15, 0.2) is 42.5 Å². The fourth-order valence-corrected chi connectivity index (χ4v) is 4.44. The topological polar surface area (TPSA) is 148 Å². The lowest BCUT2D eigenvalue weighted by Gasteiger charge is -2.32. The van der Waals surface area contributed by atoms with Gasteiger partial charge in [-0.25, -0.2) is 8.42 Å². The summed E-state index contributed by atoms with van der Waals surface area (Å²) in [6.07, 6.45) is 1.56. The normalized spacial score (nSPS) is 12.7. The van der Waals surface area contributed by atoms with Crippen molar-refractivity contribution >= 4 is 33.2 Å². The van der Waals surface area contributed by atoms with Gasteiger partial charge in [-0.1, -0.05) is 19.1 Å². The number of nitrogens with one attached hydrogen (secondary N) is 1. The van der Waals surface area contributed by atoms with Crippen molar-refractivity contribution in [1.82, 2.24) is 10.2 Å². The molecular weight excluding hydrogens is 516 g/mol. The molecule has 0 aliphatic rings. The van der Waals surface area contributed by atoms with Crippen LogP contribution in [0.3, 0.4) is 0 Å². The zero-order chi connectivity index (χ0) is 28.6. The number of benzene rings is 2. The molecule has 0 unspecified atom stereocenters.